The Kier molecular flexibility index (Phi) is 2.02. The van der Waals surface area contributed by atoms with Crippen molar-refractivity contribution < 1.29 is 0 Å². The first-order valence-corrected chi connectivity index (χ1v) is 6.84. The van der Waals surface area contributed by atoms with E-state index in [9.17, 15) is 0 Å². The second-order valence-corrected chi connectivity index (χ2v) is 5.22. The van der Waals surface area contributed by atoms with Gasteiger partial charge in [0.2, 0.25) is 0 Å². The fourth-order valence-corrected chi connectivity index (χ4v) is 3.38. The van der Waals surface area contributed by atoms with E-state index in [0.717, 1.165) is 6.42 Å². The van der Waals surface area contributed by atoms with E-state index >= 15 is 0 Å². The van der Waals surface area contributed by atoms with E-state index in [-0.39, 0.29) is 0 Å². The van der Waals surface area contributed by atoms with Gasteiger partial charge in [-0.15, -0.1) is 0 Å². The molecule has 0 heteroatoms. The molecule has 0 N–H and O–H groups in total. The Labute approximate surface area is 107 Å². The van der Waals surface area contributed by atoms with E-state index in [1.807, 2.05) is 0 Å². The zero-order valence-electron chi connectivity index (χ0n) is 10.7. The summed E-state index contributed by atoms with van der Waals surface area (Å²) in [5.74, 6) is 0. The molecule has 0 aromatic heterocycles. The van der Waals surface area contributed by atoms with Crippen LogP contribution in [-0.4, -0.2) is 0 Å². The standard InChI is InChI=1S/C18H16/c1-2-12-6-7-15-9-8-13-4-3-5-14-10-11-16(12)18(15)17(13)14/h4,6-11H,2-3,5H2,1H3. The molecular formula is C18H16. The largest absolute Gasteiger partial charge is 0.0763 e. The molecule has 88 valence electrons. The van der Waals surface area contributed by atoms with Crippen molar-refractivity contribution in [2.75, 3.05) is 0 Å². The van der Waals surface area contributed by atoms with E-state index in [0.29, 0.717) is 0 Å². The first-order valence-electron chi connectivity index (χ1n) is 6.84. The predicted molar refractivity (Wildman–Crippen MR) is 78.8 cm³/mol. The van der Waals surface area contributed by atoms with E-state index in [2.05, 4.69) is 49.4 Å². The van der Waals surface area contributed by atoms with Crippen molar-refractivity contribution in [1.82, 2.24) is 0 Å². The van der Waals surface area contributed by atoms with Crippen molar-refractivity contribution in [3.63, 3.8) is 0 Å². The molecule has 0 spiro atoms. The monoisotopic (exact) mass is 232 g/mol. The van der Waals surface area contributed by atoms with Gasteiger partial charge in [-0.05, 0) is 57.2 Å². The number of rotatable bonds is 1. The predicted octanol–water partition coefficient (Wildman–Crippen LogP) is 4.00. The van der Waals surface area contributed by atoms with E-state index in [1.54, 1.807) is 0 Å². The van der Waals surface area contributed by atoms with Crippen LogP contribution in [0.1, 0.15) is 24.5 Å². The van der Waals surface area contributed by atoms with Crippen LogP contribution in [0.5, 0.6) is 0 Å². The highest BCUT2D eigenvalue weighted by atomic mass is 14.2. The Hall–Kier alpha value is -1.82. The van der Waals surface area contributed by atoms with Gasteiger partial charge in [-0.1, -0.05) is 49.4 Å². The molecular weight excluding hydrogens is 216 g/mol. The van der Waals surface area contributed by atoms with Crippen molar-refractivity contribution in [1.29, 1.82) is 0 Å². The van der Waals surface area contributed by atoms with E-state index in [1.165, 1.54) is 50.7 Å². The maximum absolute atomic E-state index is 2.39. The summed E-state index contributed by atoms with van der Waals surface area (Å²) >= 11 is 0. The van der Waals surface area contributed by atoms with Crippen molar-refractivity contribution in [3.05, 3.63) is 52.7 Å². The lowest BCUT2D eigenvalue weighted by molar-refractivity contribution is 1.04. The SMILES string of the molecule is CCc1ccc2ccc3c4c(ccc1c24)CCC=3. The number of hydrogen-bond donors (Lipinski definition) is 0. The molecule has 18 heavy (non-hydrogen) atoms. The molecule has 3 aromatic rings. The minimum Gasteiger partial charge on any atom is -0.0763 e. The van der Waals surface area contributed by atoms with Crippen LogP contribution in [0, 0.1) is 0 Å². The molecule has 0 atom stereocenters. The third kappa shape index (κ3) is 1.21. The fourth-order valence-electron chi connectivity index (χ4n) is 3.38. The zero-order chi connectivity index (χ0) is 12.1. The van der Waals surface area contributed by atoms with Gasteiger partial charge in [-0.3, -0.25) is 0 Å². The Morgan fingerprint density at radius 3 is 2.72 bits per heavy atom. The summed E-state index contributed by atoms with van der Waals surface area (Å²) in [5.41, 5.74) is 3.00. The summed E-state index contributed by atoms with van der Waals surface area (Å²) in [7, 11) is 0. The first kappa shape index (κ1) is 10.1. The van der Waals surface area contributed by atoms with Gasteiger partial charge in [-0.25, -0.2) is 0 Å². The summed E-state index contributed by atoms with van der Waals surface area (Å²) in [6.07, 6.45) is 5.87. The van der Waals surface area contributed by atoms with Gasteiger partial charge in [-0.2, -0.15) is 0 Å². The minimum absolute atomic E-state index is 1.11. The van der Waals surface area contributed by atoms with Crippen molar-refractivity contribution in [3.8, 4) is 0 Å². The van der Waals surface area contributed by atoms with Crippen LogP contribution >= 0.6 is 0 Å². The summed E-state index contributed by atoms with van der Waals surface area (Å²) in [6.45, 7) is 2.24. The maximum atomic E-state index is 2.39. The molecule has 0 amide bonds. The molecule has 1 aliphatic rings. The smallest absolute Gasteiger partial charge is 0.00274 e. The highest BCUT2D eigenvalue weighted by Crippen LogP contribution is 2.31. The molecule has 0 nitrogen and oxygen atoms in total. The second-order valence-electron chi connectivity index (χ2n) is 5.22. The second kappa shape index (κ2) is 3.58. The van der Waals surface area contributed by atoms with Crippen molar-refractivity contribution in [2.45, 2.75) is 26.2 Å². The van der Waals surface area contributed by atoms with Gasteiger partial charge in [0.1, 0.15) is 0 Å². The molecule has 0 fully saturated rings. The molecule has 0 radical (unpaired) electrons. The topological polar surface area (TPSA) is 0 Å². The Balaban J connectivity index is 2.35. The van der Waals surface area contributed by atoms with Gasteiger partial charge in [0.15, 0.2) is 0 Å². The molecule has 1 aliphatic carbocycles. The van der Waals surface area contributed by atoms with Gasteiger partial charge < -0.3 is 0 Å². The fraction of sp³-hybridized carbons (Fsp3) is 0.222. The Morgan fingerprint density at radius 1 is 0.944 bits per heavy atom. The lowest BCUT2D eigenvalue weighted by Gasteiger charge is -2.16. The maximum Gasteiger partial charge on any atom is -0.00274 e. The van der Waals surface area contributed by atoms with Crippen molar-refractivity contribution >= 4 is 27.6 Å². The van der Waals surface area contributed by atoms with Crippen molar-refractivity contribution in [2.24, 2.45) is 0 Å². The van der Waals surface area contributed by atoms with Crippen LogP contribution in [-0.2, 0) is 12.8 Å². The van der Waals surface area contributed by atoms with Crippen LogP contribution in [0.3, 0.4) is 0 Å². The van der Waals surface area contributed by atoms with Gasteiger partial charge in [0.25, 0.3) is 0 Å². The molecule has 0 saturated carbocycles. The number of benzene rings is 3. The minimum atomic E-state index is 1.11. The molecule has 0 unspecified atom stereocenters. The molecule has 0 saturated heterocycles. The molecule has 0 bridgehead atoms. The Morgan fingerprint density at radius 2 is 1.83 bits per heavy atom. The first-order chi connectivity index (χ1) is 8.88. The molecule has 3 aromatic carbocycles. The third-order valence-corrected chi connectivity index (χ3v) is 4.28. The van der Waals surface area contributed by atoms with Crippen LogP contribution < -0.4 is 5.22 Å². The normalized spacial score (nSPS) is 14.1. The molecule has 0 heterocycles. The number of hydrogen-bond acceptors (Lipinski definition) is 0. The summed E-state index contributed by atoms with van der Waals surface area (Å²) < 4.78 is 0. The van der Waals surface area contributed by atoms with Crippen LogP contribution in [0.25, 0.3) is 27.6 Å². The van der Waals surface area contributed by atoms with Gasteiger partial charge in [0, 0.05) is 0 Å². The Bertz CT molecular complexity index is 809. The summed E-state index contributed by atoms with van der Waals surface area (Å²) in [4.78, 5) is 0. The summed E-state index contributed by atoms with van der Waals surface area (Å²) in [6, 6.07) is 13.8. The van der Waals surface area contributed by atoms with Gasteiger partial charge >= 0.3 is 0 Å². The van der Waals surface area contributed by atoms with Crippen LogP contribution in [0.2, 0.25) is 0 Å². The van der Waals surface area contributed by atoms with Crippen LogP contribution in [0.4, 0.5) is 0 Å². The quantitative estimate of drug-likeness (QED) is 0.595. The van der Waals surface area contributed by atoms with E-state index < -0.39 is 0 Å². The average Bonchev–Trinajstić information content (AvgIpc) is 2.44. The highest BCUT2D eigenvalue weighted by Gasteiger charge is 2.12. The summed E-state index contributed by atoms with van der Waals surface area (Å²) in [5, 5.41) is 7.26. The number of aryl methyl sites for hydroxylation is 2. The molecule has 0 aliphatic heterocycles. The third-order valence-electron chi connectivity index (χ3n) is 4.28. The van der Waals surface area contributed by atoms with E-state index in [4.69, 9.17) is 0 Å². The lowest BCUT2D eigenvalue weighted by atomic mass is 9.88. The average molecular weight is 232 g/mol. The lowest BCUT2D eigenvalue weighted by Crippen LogP contribution is -2.10. The van der Waals surface area contributed by atoms with Crippen LogP contribution in [0.15, 0.2) is 36.4 Å². The highest BCUT2D eigenvalue weighted by molar-refractivity contribution is 6.12. The molecule has 4 rings (SSSR count). The zero-order valence-corrected chi connectivity index (χ0v) is 10.7. The van der Waals surface area contributed by atoms with Gasteiger partial charge in [0.05, 0.1) is 0 Å².